The summed E-state index contributed by atoms with van der Waals surface area (Å²) < 4.78 is 17.9. The SMILES string of the molecule is C.[2H]CC(O)C(O)C1OC(OC(C)C)(C(=O)O)CC(O)C1NC. The van der Waals surface area contributed by atoms with Crippen LogP contribution in [0.25, 0.3) is 0 Å². The molecule has 0 saturated carbocycles. The second-order valence-electron chi connectivity index (χ2n) is 5.45. The Bertz CT molecular complexity index is 384. The Balaban J connectivity index is 0.00000484. The second-order valence-corrected chi connectivity index (χ2v) is 5.45. The molecule has 8 nitrogen and oxygen atoms in total. The molecular formula is C14H29NO7. The number of carbonyl (C=O) groups is 1. The quantitative estimate of drug-likeness (QED) is 0.434. The number of nitrogens with one attached hydrogen (secondary N) is 1. The van der Waals surface area contributed by atoms with Gasteiger partial charge >= 0.3 is 5.97 Å². The number of carboxylic acid groups (broad SMARTS) is 1. The van der Waals surface area contributed by atoms with Crippen molar-refractivity contribution in [1.82, 2.24) is 5.32 Å². The lowest BCUT2D eigenvalue weighted by Crippen LogP contribution is -2.66. The van der Waals surface area contributed by atoms with Gasteiger partial charge in [0.2, 0.25) is 0 Å². The highest BCUT2D eigenvalue weighted by Gasteiger charge is 2.55. The number of carboxylic acids is 1. The largest absolute Gasteiger partial charge is 0.477 e. The molecule has 1 fully saturated rings. The third kappa shape index (κ3) is 4.37. The van der Waals surface area contributed by atoms with Crippen molar-refractivity contribution < 1.29 is 36.1 Å². The summed E-state index contributed by atoms with van der Waals surface area (Å²) in [5.41, 5.74) is 0. The summed E-state index contributed by atoms with van der Waals surface area (Å²) in [7, 11) is 1.51. The van der Waals surface area contributed by atoms with Gasteiger partial charge in [-0.15, -0.1) is 0 Å². The molecule has 1 heterocycles. The van der Waals surface area contributed by atoms with Crippen LogP contribution in [0.2, 0.25) is 0 Å². The minimum atomic E-state index is -2.12. The maximum absolute atomic E-state index is 11.6. The first-order valence-corrected chi connectivity index (χ1v) is 6.78. The minimum absolute atomic E-state index is 0. The Kier molecular flexibility index (Phi) is 7.17. The van der Waals surface area contributed by atoms with E-state index in [4.69, 9.17) is 10.8 Å². The monoisotopic (exact) mass is 324 g/mol. The van der Waals surface area contributed by atoms with Gasteiger partial charge in [-0.2, -0.15) is 0 Å². The molecule has 0 bridgehead atoms. The summed E-state index contributed by atoms with van der Waals surface area (Å²) >= 11 is 0. The summed E-state index contributed by atoms with van der Waals surface area (Å²) in [6.45, 7) is 2.75. The van der Waals surface area contributed by atoms with Gasteiger partial charge in [0.05, 0.1) is 24.4 Å². The van der Waals surface area contributed by atoms with Crippen LogP contribution in [0.4, 0.5) is 0 Å². The fourth-order valence-electron chi connectivity index (χ4n) is 2.46. The molecule has 6 unspecified atom stereocenters. The fraction of sp³-hybridized carbons (Fsp3) is 0.929. The summed E-state index contributed by atoms with van der Waals surface area (Å²) in [4.78, 5) is 11.6. The van der Waals surface area contributed by atoms with Gasteiger partial charge in [0.1, 0.15) is 12.2 Å². The van der Waals surface area contributed by atoms with Crippen molar-refractivity contribution in [2.24, 2.45) is 0 Å². The zero-order valence-corrected chi connectivity index (χ0v) is 12.4. The third-order valence-corrected chi connectivity index (χ3v) is 3.39. The number of hydrogen-bond donors (Lipinski definition) is 5. The first kappa shape index (κ1) is 19.3. The van der Waals surface area contributed by atoms with E-state index >= 15 is 0 Å². The van der Waals surface area contributed by atoms with Crippen LogP contribution in [0.15, 0.2) is 0 Å². The van der Waals surface area contributed by atoms with E-state index in [2.05, 4.69) is 5.32 Å². The molecule has 0 spiro atoms. The highest BCUT2D eigenvalue weighted by atomic mass is 16.7. The number of hydrogen-bond acceptors (Lipinski definition) is 7. The average molecular weight is 324 g/mol. The molecule has 1 saturated heterocycles. The van der Waals surface area contributed by atoms with Crippen LogP contribution in [0.3, 0.4) is 0 Å². The Labute approximate surface area is 132 Å². The van der Waals surface area contributed by atoms with Gasteiger partial charge in [0, 0.05) is 7.79 Å². The van der Waals surface area contributed by atoms with Crippen LogP contribution in [-0.2, 0) is 14.3 Å². The molecule has 0 aromatic rings. The van der Waals surface area contributed by atoms with Crippen LogP contribution in [0.1, 0.15) is 36.0 Å². The van der Waals surface area contributed by atoms with Gasteiger partial charge in [-0.3, -0.25) is 0 Å². The van der Waals surface area contributed by atoms with Crippen molar-refractivity contribution in [3.05, 3.63) is 0 Å². The first-order chi connectivity index (χ1) is 10.2. The Morgan fingerprint density at radius 3 is 2.50 bits per heavy atom. The second kappa shape index (κ2) is 8.19. The molecule has 0 aliphatic carbocycles. The Morgan fingerprint density at radius 2 is 2.09 bits per heavy atom. The molecule has 8 heteroatoms. The first-order valence-electron chi connectivity index (χ1n) is 7.49. The molecule has 6 atom stereocenters. The van der Waals surface area contributed by atoms with Gasteiger partial charge in [-0.1, -0.05) is 7.43 Å². The van der Waals surface area contributed by atoms with E-state index < -0.39 is 55.2 Å². The van der Waals surface area contributed by atoms with Crippen LogP contribution < -0.4 is 5.32 Å². The molecule has 0 aromatic carbocycles. The molecule has 0 amide bonds. The number of rotatable bonds is 6. The minimum Gasteiger partial charge on any atom is -0.477 e. The van der Waals surface area contributed by atoms with Crippen molar-refractivity contribution >= 4 is 5.97 Å². The molecule has 1 aliphatic rings. The Morgan fingerprint density at radius 1 is 1.50 bits per heavy atom. The molecule has 22 heavy (non-hydrogen) atoms. The summed E-state index contributed by atoms with van der Waals surface area (Å²) in [6.07, 6.45) is -6.22. The average Bonchev–Trinajstić information content (AvgIpc) is 2.44. The van der Waals surface area contributed by atoms with E-state index in [1.165, 1.54) is 7.05 Å². The predicted octanol–water partition coefficient (Wildman–Crippen LogP) is -0.692. The number of aliphatic carboxylic acids is 1. The van der Waals surface area contributed by atoms with Crippen LogP contribution in [0, 0.1) is 0 Å². The van der Waals surface area contributed by atoms with Crippen LogP contribution >= 0.6 is 0 Å². The van der Waals surface area contributed by atoms with E-state index in [1.807, 2.05) is 0 Å². The van der Waals surface area contributed by atoms with Crippen molar-refractivity contribution in [2.45, 2.75) is 76.9 Å². The lowest BCUT2D eigenvalue weighted by Gasteiger charge is -2.46. The van der Waals surface area contributed by atoms with Gasteiger partial charge in [0.25, 0.3) is 5.79 Å². The normalized spacial score (nSPS) is 35.4. The van der Waals surface area contributed by atoms with E-state index in [-0.39, 0.29) is 13.8 Å². The molecule has 132 valence electrons. The van der Waals surface area contributed by atoms with E-state index in [1.54, 1.807) is 13.8 Å². The van der Waals surface area contributed by atoms with E-state index in [9.17, 15) is 25.2 Å². The summed E-state index contributed by atoms with van der Waals surface area (Å²) in [6, 6.07) is -0.806. The van der Waals surface area contributed by atoms with Crippen molar-refractivity contribution in [3.8, 4) is 0 Å². The maximum atomic E-state index is 11.6. The Hall–Kier alpha value is -0.770. The number of aliphatic hydroxyl groups is 3. The molecular weight excluding hydrogens is 294 g/mol. The lowest BCUT2D eigenvalue weighted by molar-refractivity contribution is -0.319. The van der Waals surface area contributed by atoms with Gasteiger partial charge in [0.15, 0.2) is 0 Å². The van der Waals surface area contributed by atoms with Gasteiger partial charge in [-0.05, 0) is 27.8 Å². The zero-order valence-electron chi connectivity index (χ0n) is 13.4. The van der Waals surface area contributed by atoms with Gasteiger partial charge < -0.3 is 35.2 Å². The third-order valence-electron chi connectivity index (χ3n) is 3.39. The number of aliphatic hydroxyl groups excluding tert-OH is 3. The zero-order chi connectivity index (χ0) is 17.1. The summed E-state index contributed by atoms with van der Waals surface area (Å²) in [5.74, 6) is -3.54. The molecule has 1 rings (SSSR count). The van der Waals surface area contributed by atoms with Gasteiger partial charge in [-0.25, -0.2) is 4.79 Å². The number of likely N-dealkylation sites (N-methyl/N-ethyl adjacent to an activating group) is 1. The predicted molar refractivity (Wildman–Crippen MR) is 79.4 cm³/mol. The standard InChI is InChI=1S/C13H25NO7.CH4/c1-6(2)20-13(12(18)19)5-8(16)9(14-4)11(21-13)10(17)7(3)15;/h6-11,14-17H,5H2,1-4H3,(H,18,19);1H4/i3D;. The molecule has 5 N–H and O–H groups in total. The van der Waals surface area contributed by atoms with Crippen molar-refractivity contribution in [3.63, 3.8) is 0 Å². The highest BCUT2D eigenvalue weighted by molar-refractivity contribution is 5.76. The lowest BCUT2D eigenvalue weighted by atomic mass is 9.89. The maximum Gasteiger partial charge on any atom is 0.364 e. The van der Waals surface area contributed by atoms with Crippen molar-refractivity contribution in [1.29, 1.82) is 0 Å². The summed E-state index contributed by atoms with van der Waals surface area (Å²) in [5, 5.41) is 42.2. The number of ether oxygens (including phenoxy) is 2. The van der Waals surface area contributed by atoms with E-state index in [0.29, 0.717) is 0 Å². The van der Waals surface area contributed by atoms with Crippen molar-refractivity contribution in [2.75, 3.05) is 7.05 Å². The van der Waals surface area contributed by atoms with Crippen LogP contribution in [-0.4, -0.2) is 75.8 Å². The molecule has 0 aromatic heterocycles. The fourth-order valence-corrected chi connectivity index (χ4v) is 2.46. The molecule has 0 radical (unpaired) electrons. The van der Waals surface area contributed by atoms with E-state index in [0.717, 1.165) is 0 Å². The topological polar surface area (TPSA) is 128 Å². The van der Waals surface area contributed by atoms with Crippen LogP contribution in [0.5, 0.6) is 0 Å². The highest BCUT2D eigenvalue weighted by Crippen LogP contribution is 2.34. The molecule has 1 aliphatic heterocycles. The smallest absolute Gasteiger partial charge is 0.364 e.